The second-order valence-corrected chi connectivity index (χ2v) is 2.60. The van der Waals surface area contributed by atoms with Crippen LogP contribution in [0, 0.1) is 0 Å². The van der Waals surface area contributed by atoms with Crippen molar-refractivity contribution in [3.63, 3.8) is 0 Å². The molecule has 0 aromatic rings. The van der Waals surface area contributed by atoms with Crippen molar-refractivity contribution >= 4 is 11.6 Å². The molecular weight excluding hydrogens is 179 g/mol. The van der Waals surface area contributed by atoms with Crippen molar-refractivity contribution in [2.75, 3.05) is 13.1 Å². The topological polar surface area (TPSA) is 3.24 Å². The van der Waals surface area contributed by atoms with Crippen LogP contribution in [0.2, 0.25) is 0 Å². The predicted molar refractivity (Wildman–Crippen MR) is 38.6 cm³/mol. The van der Waals surface area contributed by atoms with Gasteiger partial charge in [0.05, 0.1) is 0 Å². The molecule has 0 aromatic carbocycles. The number of alkyl halides is 4. The van der Waals surface area contributed by atoms with Crippen LogP contribution in [0.1, 0.15) is 13.8 Å². The van der Waals surface area contributed by atoms with Crippen LogP contribution in [-0.4, -0.2) is 29.7 Å². The molecule has 0 fully saturated rings. The molecule has 1 unspecified atom stereocenters. The Labute approximate surface area is 69.1 Å². The molecule has 0 radical (unpaired) electrons. The van der Waals surface area contributed by atoms with Gasteiger partial charge in [0.1, 0.15) is 0 Å². The molecule has 11 heavy (non-hydrogen) atoms. The van der Waals surface area contributed by atoms with Gasteiger partial charge in [-0.1, -0.05) is 13.8 Å². The van der Waals surface area contributed by atoms with Crippen LogP contribution in [0.15, 0.2) is 0 Å². The first-order chi connectivity index (χ1) is 4.93. The fraction of sp³-hybridized carbons (Fsp3) is 1.00. The van der Waals surface area contributed by atoms with Gasteiger partial charge in [-0.2, -0.15) is 8.78 Å². The van der Waals surface area contributed by atoms with Gasteiger partial charge >= 0.3 is 5.38 Å². The fourth-order valence-electron chi connectivity index (χ4n) is 0.751. The first kappa shape index (κ1) is 11.0. The summed E-state index contributed by atoms with van der Waals surface area (Å²) < 4.78 is 36.8. The summed E-state index contributed by atoms with van der Waals surface area (Å²) in [6.07, 6.45) is -2.39. The SMILES string of the molecule is CCN(CC)C(F)C(F)(F)Cl. The normalized spacial score (nSPS) is 15.5. The van der Waals surface area contributed by atoms with Crippen LogP contribution >= 0.6 is 11.6 Å². The monoisotopic (exact) mass is 189 g/mol. The van der Waals surface area contributed by atoms with E-state index in [1.165, 1.54) is 0 Å². The largest absolute Gasteiger partial charge is 0.365 e. The molecule has 0 aliphatic heterocycles. The first-order valence-corrected chi connectivity index (χ1v) is 3.76. The third-order valence-electron chi connectivity index (χ3n) is 1.40. The molecule has 0 amide bonds. The van der Waals surface area contributed by atoms with Gasteiger partial charge in [-0.3, -0.25) is 4.90 Å². The van der Waals surface area contributed by atoms with Gasteiger partial charge < -0.3 is 0 Å². The van der Waals surface area contributed by atoms with E-state index < -0.39 is 11.7 Å². The summed E-state index contributed by atoms with van der Waals surface area (Å²) >= 11 is 4.49. The van der Waals surface area contributed by atoms with E-state index >= 15 is 0 Å². The zero-order valence-corrected chi connectivity index (χ0v) is 7.21. The van der Waals surface area contributed by atoms with Crippen molar-refractivity contribution in [3.8, 4) is 0 Å². The number of halogens is 4. The van der Waals surface area contributed by atoms with E-state index in [1.807, 2.05) is 0 Å². The Hall–Kier alpha value is 0.0400. The molecule has 0 spiro atoms. The minimum absolute atomic E-state index is 0.222. The van der Waals surface area contributed by atoms with E-state index in [2.05, 4.69) is 11.6 Å². The maximum Gasteiger partial charge on any atom is 0.365 e. The smallest absolute Gasteiger partial charge is 0.268 e. The summed E-state index contributed by atoms with van der Waals surface area (Å²) in [6.45, 7) is 3.64. The number of hydrogen-bond donors (Lipinski definition) is 0. The third-order valence-corrected chi connectivity index (χ3v) is 1.58. The molecule has 0 saturated carbocycles. The van der Waals surface area contributed by atoms with E-state index in [1.54, 1.807) is 13.8 Å². The second-order valence-electron chi connectivity index (χ2n) is 2.10. The van der Waals surface area contributed by atoms with Crippen molar-refractivity contribution in [1.29, 1.82) is 0 Å². The highest BCUT2D eigenvalue weighted by Gasteiger charge is 2.40. The van der Waals surface area contributed by atoms with Gasteiger partial charge in [0.2, 0.25) is 6.30 Å². The molecule has 0 rings (SSSR count). The summed E-state index contributed by atoms with van der Waals surface area (Å²) in [7, 11) is 0. The lowest BCUT2D eigenvalue weighted by Gasteiger charge is -2.25. The lowest BCUT2D eigenvalue weighted by molar-refractivity contribution is -0.0756. The van der Waals surface area contributed by atoms with Crippen LogP contribution in [0.3, 0.4) is 0 Å². The molecular formula is C6H11ClF3N. The van der Waals surface area contributed by atoms with Crippen molar-refractivity contribution in [2.24, 2.45) is 0 Å². The highest BCUT2D eigenvalue weighted by Crippen LogP contribution is 2.28. The number of nitrogens with zero attached hydrogens (tertiary/aromatic N) is 1. The molecule has 0 heterocycles. The van der Waals surface area contributed by atoms with Crippen LogP contribution in [0.25, 0.3) is 0 Å². The maximum atomic E-state index is 12.6. The second kappa shape index (κ2) is 4.16. The molecule has 0 saturated heterocycles. The van der Waals surface area contributed by atoms with E-state index in [-0.39, 0.29) is 13.1 Å². The highest BCUT2D eigenvalue weighted by molar-refractivity contribution is 6.22. The fourth-order valence-corrected chi connectivity index (χ4v) is 0.889. The third kappa shape index (κ3) is 3.29. The van der Waals surface area contributed by atoms with Gasteiger partial charge in [0, 0.05) is 0 Å². The zero-order valence-electron chi connectivity index (χ0n) is 6.45. The molecule has 5 heteroatoms. The van der Waals surface area contributed by atoms with Crippen molar-refractivity contribution < 1.29 is 13.2 Å². The van der Waals surface area contributed by atoms with Gasteiger partial charge in [0.15, 0.2) is 0 Å². The standard InChI is InChI=1S/C6H11ClF3N/c1-3-11(4-2)5(8)6(7,9)10/h5H,3-4H2,1-2H3. The average Bonchev–Trinajstić information content (AvgIpc) is 1.88. The van der Waals surface area contributed by atoms with Gasteiger partial charge in [-0.05, 0) is 24.7 Å². The summed E-state index contributed by atoms with van der Waals surface area (Å²) in [5.74, 6) is 0. The summed E-state index contributed by atoms with van der Waals surface area (Å²) in [6, 6.07) is 0. The van der Waals surface area contributed by atoms with Crippen molar-refractivity contribution in [1.82, 2.24) is 4.90 Å². The molecule has 1 nitrogen and oxygen atoms in total. The van der Waals surface area contributed by atoms with Crippen LogP contribution in [0.5, 0.6) is 0 Å². The zero-order chi connectivity index (χ0) is 9.07. The predicted octanol–water partition coefficient (Wildman–Crippen LogP) is 2.46. The molecule has 0 N–H and O–H groups in total. The van der Waals surface area contributed by atoms with E-state index in [9.17, 15) is 13.2 Å². The molecule has 0 aromatic heterocycles. The maximum absolute atomic E-state index is 12.6. The lowest BCUT2D eigenvalue weighted by Crippen LogP contribution is -2.41. The van der Waals surface area contributed by atoms with Crippen molar-refractivity contribution in [2.45, 2.75) is 25.5 Å². The lowest BCUT2D eigenvalue weighted by atomic mass is 10.4. The molecule has 1 atom stereocenters. The Kier molecular flexibility index (Phi) is 4.18. The Bertz CT molecular complexity index is 111. The Morgan fingerprint density at radius 3 is 1.82 bits per heavy atom. The van der Waals surface area contributed by atoms with E-state index in [0.717, 1.165) is 4.90 Å². The highest BCUT2D eigenvalue weighted by atomic mass is 35.5. The number of hydrogen-bond acceptors (Lipinski definition) is 1. The quantitative estimate of drug-likeness (QED) is 0.485. The Balaban J connectivity index is 4.09. The first-order valence-electron chi connectivity index (χ1n) is 3.38. The van der Waals surface area contributed by atoms with Crippen molar-refractivity contribution in [3.05, 3.63) is 0 Å². The summed E-state index contributed by atoms with van der Waals surface area (Å²) in [4.78, 5) is 0.951. The van der Waals surface area contributed by atoms with Gasteiger partial charge in [-0.15, -0.1) is 0 Å². The molecule has 0 bridgehead atoms. The van der Waals surface area contributed by atoms with E-state index in [0.29, 0.717) is 0 Å². The van der Waals surface area contributed by atoms with Crippen LogP contribution in [-0.2, 0) is 0 Å². The molecule has 68 valence electrons. The summed E-state index contributed by atoms with van der Waals surface area (Å²) in [5, 5.41) is -3.79. The van der Waals surface area contributed by atoms with Gasteiger partial charge in [-0.25, -0.2) is 4.39 Å². The molecule has 0 aliphatic carbocycles. The van der Waals surface area contributed by atoms with Crippen LogP contribution < -0.4 is 0 Å². The Morgan fingerprint density at radius 1 is 1.36 bits per heavy atom. The minimum atomic E-state index is -3.79. The minimum Gasteiger partial charge on any atom is -0.268 e. The number of rotatable bonds is 4. The Morgan fingerprint density at radius 2 is 1.73 bits per heavy atom. The summed E-state index contributed by atoms with van der Waals surface area (Å²) in [5.41, 5.74) is 0. The molecule has 0 aliphatic rings. The van der Waals surface area contributed by atoms with E-state index in [4.69, 9.17) is 0 Å². The van der Waals surface area contributed by atoms with Crippen LogP contribution in [0.4, 0.5) is 13.2 Å². The average molecular weight is 190 g/mol. The van der Waals surface area contributed by atoms with Gasteiger partial charge in [0.25, 0.3) is 0 Å².